The second-order valence-electron chi connectivity index (χ2n) is 6.85. The van der Waals surface area contributed by atoms with Crippen LogP contribution in [-0.2, 0) is 6.54 Å². The number of carboxylic acid groups (broad SMARTS) is 1. The van der Waals surface area contributed by atoms with Crippen LogP contribution in [0, 0.1) is 0 Å². The predicted molar refractivity (Wildman–Crippen MR) is 116 cm³/mol. The number of nitrogens with zero attached hydrogens (tertiary/aromatic N) is 3. The number of anilines is 3. The van der Waals surface area contributed by atoms with Gasteiger partial charge in [0.25, 0.3) is 0 Å². The van der Waals surface area contributed by atoms with Gasteiger partial charge in [0.2, 0.25) is 5.95 Å². The molecule has 32 heavy (non-hydrogen) atoms. The first kappa shape index (κ1) is 20.5. The summed E-state index contributed by atoms with van der Waals surface area (Å²) in [6.45, 7) is 0.280. The van der Waals surface area contributed by atoms with Crippen LogP contribution in [0.4, 0.5) is 17.3 Å². The van der Waals surface area contributed by atoms with Crippen molar-refractivity contribution in [3.05, 3.63) is 81.4 Å². The summed E-state index contributed by atoms with van der Waals surface area (Å²) >= 11 is 0. The van der Waals surface area contributed by atoms with Crippen molar-refractivity contribution in [2.24, 2.45) is 0 Å². The molecule has 7 N–H and O–H groups in total. The number of rotatable bonds is 6. The van der Waals surface area contributed by atoms with Gasteiger partial charge in [0, 0.05) is 28.7 Å². The minimum absolute atomic E-state index is 0.0189. The molecule has 0 fully saturated rings. The molecule has 2 aromatic rings. The third-order valence-electron chi connectivity index (χ3n) is 4.64. The van der Waals surface area contributed by atoms with Gasteiger partial charge in [-0.2, -0.15) is 9.97 Å². The van der Waals surface area contributed by atoms with Crippen LogP contribution in [0.1, 0.15) is 32.0 Å². The van der Waals surface area contributed by atoms with Crippen LogP contribution < -0.4 is 22.3 Å². The van der Waals surface area contributed by atoms with Crippen molar-refractivity contribution in [2.75, 3.05) is 16.8 Å². The maximum absolute atomic E-state index is 12.8. The lowest BCUT2D eigenvalue weighted by Gasteiger charge is -2.10. The standard InChI is InChI=1S/C21H17N7O4/c22-11-3-6-14(20(31)32)15(7-11)17(29)10-1-4-12(5-2-10)24-8-13-9-25-18-16(26-13)19(30)28-21(23)27-18/h1-7,9,24H,8,22H2,(H,31,32)(H3,23,25,27,28,30). The number of aromatic carboxylic acids is 1. The van der Waals surface area contributed by atoms with E-state index in [1.165, 1.54) is 18.2 Å². The Kier molecular flexibility index (Phi) is 5.21. The first-order valence-corrected chi connectivity index (χ1v) is 9.35. The molecule has 0 saturated carbocycles. The highest BCUT2D eigenvalue weighted by Gasteiger charge is 2.18. The number of nitrogens with one attached hydrogen (secondary N) is 2. The minimum Gasteiger partial charge on any atom is -0.478 e. The highest BCUT2D eigenvalue weighted by atomic mass is 16.4. The lowest BCUT2D eigenvalue weighted by atomic mass is 9.97. The van der Waals surface area contributed by atoms with Gasteiger partial charge in [0.05, 0.1) is 17.8 Å². The van der Waals surface area contributed by atoms with Gasteiger partial charge in [-0.05, 0) is 42.5 Å². The smallest absolute Gasteiger partial charge is 0.336 e. The molecule has 0 saturated heterocycles. The zero-order valence-electron chi connectivity index (χ0n) is 16.5. The Balaban J connectivity index is 1.51. The second-order valence-corrected chi connectivity index (χ2v) is 6.85. The van der Waals surface area contributed by atoms with Crippen molar-refractivity contribution in [2.45, 2.75) is 6.54 Å². The molecule has 2 aliphatic heterocycles. The summed E-state index contributed by atoms with van der Waals surface area (Å²) in [6, 6.07) is 10.6. The van der Waals surface area contributed by atoms with E-state index < -0.39 is 17.3 Å². The molecule has 2 aromatic carbocycles. The Morgan fingerprint density at radius 1 is 1.00 bits per heavy atom. The van der Waals surface area contributed by atoms with E-state index in [0.29, 0.717) is 22.6 Å². The minimum atomic E-state index is -1.21. The Labute approximate surface area is 180 Å². The van der Waals surface area contributed by atoms with Gasteiger partial charge in [-0.25, -0.2) is 9.78 Å². The van der Waals surface area contributed by atoms with Crippen LogP contribution >= 0.6 is 0 Å². The molecular weight excluding hydrogens is 414 g/mol. The van der Waals surface area contributed by atoms with E-state index in [2.05, 4.69) is 25.3 Å². The lowest BCUT2D eigenvalue weighted by Crippen LogP contribution is -2.19. The molecular formula is C21H17N7O4. The molecule has 11 heteroatoms. The summed E-state index contributed by atoms with van der Waals surface area (Å²) < 4.78 is 0. The fourth-order valence-corrected chi connectivity index (χ4v) is 3.09. The number of hydrogen-bond acceptors (Lipinski definition) is 9. The normalized spacial score (nSPS) is 10.8. The predicted octanol–water partition coefficient (Wildman–Crippen LogP) is 1.37. The molecule has 2 aliphatic rings. The summed E-state index contributed by atoms with van der Waals surface area (Å²) in [5.74, 6) is -1.54. The number of hydrogen-bond donors (Lipinski definition) is 5. The molecule has 0 aliphatic carbocycles. The number of carbonyl (C=O) groups is 2. The topological polar surface area (TPSA) is 190 Å². The number of aromatic nitrogens is 4. The fraction of sp³-hybridized carbons (Fsp3) is 0.0476. The van der Waals surface area contributed by atoms with Crippen molar-refractivity contribution >= 4 is 29.1 Å². The highest BCUT2D eigenvalue weighted by molar-refractivity contribution is 6.14. The molecule has 160 valence electrons. The Morgan fingerprint density at radius 2 is 1.75 bits per heavy atom. The van der Waals surface area contributed by atoms with E-state index in [1.54, 1.807) is 30.5 Å². The van der Waals surface area contributed by atoms with Gasteiger partial charge in [-0.1, -0.05) is 0 Å². The van der Waals surface area contributed by atoms with E-state index in [4.69, 9.17) is 11.5 Å². The molecule has 0 spiro atoms. The molecule has 4 rings (SSSR count). The van der Waals surface area contributed by atoms with Gasteiger partial charge in [-0.3, -0.25) is 9.59 Å². The molecule has 0 atom stereocenters. The third kappa shape index (κ3) is 4.07. The van der Waals surface area contributed by atoms with Crippen molar-refractivity contribution in [3.63, 3.8) is 0 Å². The molecule has 0 aromatic heterocycles. The van der Waals surface area contributed by atoms with Crippen LogP contribution in [0.2, 0.25) is 0 Å². The van der Waals surface area contributed by atoms with E-state index in [9.17, 15) is 19.5 Å². The van der Waals surface area contributed by atoms with Crippen molar-refractivity contribution in [1.82, 2.24) is 19.9 Å². The molecule has 2 heterocycles. The Hall–Kier alpha value is -4.80. The van der Waals surface area contributed by atoms with Crippen LogP contribution in [0.15, 0.2) is 53.5 Å². The van der Waals surface area contributed by atoms with Crippen molar-refractivity contribution in [3.8, 4) is 11.5 Å². The Morgan fingerprint density at radius 3 is 2.47 bits per heavy atom. The van der Waals surface area contributed by atoms with Crippen LogP contribution in [0.25, 0.3) is 11.5 Å². The Bertz CT molecular complexity index is 1370. The third-order valence-corrected chi connectivity index (χ3v) is 4.64. The van der Waals surface area contributed by atoms with Gasteiger partial charge < -0.3 is 26.9 Å². The van der Waals surface area contributed by atoms with Gasteiger partial charge >= 0.3 is 11.5 Å². The maximum Gasteiger partial charge on any atom is 0.336 e. The first-order valence-electron chi connectivity index (χ1n) is 9.35. The second kappa shape index (κ2) is 8.14. The zero-order valence-corrected chi connectivity index (χ0v) is 16.5. The zero-order chi connectivity index (χ0) is 22.8. The number of carboxylic acids is 1. The highest BCUT2D eigenvalue weighted by Crippen LogP contribution is 2.20. The average molecular weight is 431 g/mol. The molecule has 0 radical (unpaired) electrons. The van der Waals surface area contributed by atoms with E-state index in [1.807, 2.05) is 0 Å². The monoisotopic (exact) mass is 431 g/mol. The van der Waals surface area contributed by atoms with Gasteiger partial charge in [0.1, 0.15) is 0 Å². The van der Waals surface area contributed by atoms with Crippen molar-refractivity contribution in [1.29, 1.82) is 0 Å². The SMILES string of the molecule is Nc1ccc(C(=O)O)c(C(=O)c2ccc(NCc3c[nH]c4nc(N)nc(=O)c-4n3)cc2)c1. The molecule has 0 unspecified atom stereocenters. The summed E-state index contributed by atoms with van der Waals surface area (Å²) in [6.07, 6.45) is 1.59. The largest absolute Gasteiger partial charge is 0.478 e. The fourth-order valence-electron chi connectivity index (χ4n) is 3.09. The van der Waals surface area contributed by atoms with E-state index >= 15 is 0 Å². The number of benzene rings is 2. The number of fused-ring (bicyclic) bond motifs is 1. The quantitative estimate of drug-likeness (QED) is 0.220. The number of nitrogen functional groups attached to an aromatic ring is 2. The lowest BCUT2D eigenvalue weighted by molar-refractivity contribution is 0.0693. The van der Waals surface area contributed by atoms with Gasteiger partial charge in [-0.15, -0.1) is 0 Å². The van der Waals surface area contributed by atoms with Crippen LogP contribution in [-0.4, -0.2) is 36.8 Å². The summed E-state index contributed by atoms with van der Waals surface area (Å²) in [7, 11) is 0. The van der Waals surface area contributed by atoms with Gasteiger partial charge in [0.15, 0.2) is 17.3 Å². The molecule has 11 nitrogen and oxygen atoms in total. The molecule has 0 amide bonds. The maximum atomic E-state index is 12.8. The summed E-state index contributed by atoms with van der Waals surface area (Å²) in [5.41, 5.74) is 12.4. The number of H-pyrrole nitrogens is 1. The number of carbonyl (C=O) groups excluding carboxylic acids is 1. The van der Waals surface area contributed by atoms with Crippen LogP contribution in [0.5, 0.6) is 0 Å². The summed E-state index contributed by atoms with van der Waals surface area (Å²) in [4.78, 5) is 50.7. The molecule has 0 bridgehead atoms. The number of aromatic amines is 1. The first-order chi connectivity index (χ1) is 15.3. The number of nitrogens with two attached hydrogens (primary N) is 2. The number of ketones is 1. The van der Waals surface area contributed by atoms with Crippen LogP contribution in [0.3, 0.4) is 0 Å². The van der Waals surface area contributed by atoms with E-state index in [-0.39, 0.29) is 35.1 Å². The summed E-state index contributed by atoms with van der Waals surface area (Å²) in [5, 5.41) is 12.5. The van der Waals surface area contributed by atoms with E-state index in [0.717, 1.165) is 0 Å². The average Bonchev–Trinajstić information content (AvgIpc) is 2.77. The van der Waals surface area contributed by atoms with Crippen molar-refractivity contribution < 1.29 is 14.7 Å².